The van der Waals surface area contributed by atoms with Gasteiger partial charge < -0.3 is 0 Å². The normalized spacial score (nSPS) is 10.7. The van der Waals surface area contributed by atoms with Crippen LogP contribution in [-0.2, 0) is 0 Å². The Morgan fingerprint density at radius 2 is 2.05 bits per heavy atom. The summed E-state index contributed by atoms with van der Waals surface area (Å²) in [6.07, 6.45) is 1.43. The molecule has 1 N–H and O–H groups in total. The van der Waals surface area contributed by atoms with Crippen molar-refractivity contribution in [2.45, 2.75) is 0 Å². The average Bonchev–Trinajstić information content (AvgIpc) is 2.85. The first-order chi connectivity index (χ1) is 9.60. The minimum absolute atomic E-state index is 0.279. The van der Waals surface area contributed by atoms with E-state index in [-0.39, 0.29) is 11.2 Å². The van der Waals surface area contributed by atoms with Crippen molar-refractivity contribution in [1.29, 1.82) is 5.26 Å². The Kier molecular flexibility index (Phi) is 2.97. The molecule has 20 heavy (non-hydrogen) atoms. The van der Waals surface area contributed by atoms with Crippen LogP contribution < -0.4 is 5.56 Å². The maximum absolute atomic E-state index is 12.0. The highest BCUT2D eigenvalue weighted by molar-refractivity contribution is 6.42. The summed E-state index contributed by atoms with van der Waals surface area (Å²) in [5.74, 6) is 0. The van der Waals surface area contributed by atoms with Gasteiger partial charge >= 0.3 is 0 Å². The van der Waals surface area contributed by atoms with E-state index in [4.69, 9.17) is 28.5 Å². The highest BCUT2D eigenvalue weighted by Crippen LogP contribution is 2.27. The Balaban J connectivity index is 2.29. The first-order valence-corrected chi connectivity index (χ1v) is 6.32. The van der Waals surface area contributed by atoms with Crippen LogP contribution in [0.25, 0.3) is 16.9 Å². The van der Waals surface area contributed by atoms with E-state index in [9.17, 15) is 4.79 Å². The fourth-order valence-electron chi connectivity index (χ4n) is 1.87. The molecule has 0 spiro atoms. The third kappa shape index (κ3) is 1.95. The molecule has 0 saturated heterocycles. The van der Waals surface area contributed by atoms with Crippen molar-refractivity contribution in [1.82, 2.24) is 14.6 Å². The van der Waals surface area contributed by atoms with Crippen LogP contribution in [0.3, 0.4) is 0 Å². The Hall–Kier alpha value is -2.29. The van der Waals surface area contributed by atoms with Crippen LogP contribution in [0.5, 0.6) is 0 Å². The second-order valence-electron chi connectivity index (χ2n) is 4.07. The van der Waals surface area contributed by atoms with Gasteiger partial charge in [-0.3, -0.25) is 9.89 Å². The maximum atomic E-state index is 12.0. The van der Waals surface area contributed by atoms with Crippen LogP contribution in [0.4, 0.5) is 0 Å². The number of nitriles is 1. The summed E-state index contributed by atoms with van der Waals surface area (Å²) in [6.45, 7) is 0. The third-order valence-electron chi connectivity index (χ3n) is 2.83. The minimum atomic E-state index is -0.308. The molecule has 0 amide bonds. The van der Waals surface area contributed by atoms with Gasteiger partial charge in [0.15, 0.2) is 5.65 Å². The van der Waals surface area contributed by atoms with E-state index >= 15 is 0 Å². The summed E-state index contributed by atoms with van der Waals surface area (Å²) in [6, 6.07) is 8.31. The third-order valence-corrected chi connectivity index (χ3v) is 3.57. The van der Waals surface area contributed by atoms with Crippen molar-refractivity contribution >= 4 is 28.8 Å². The zero-order valence-electron chi connectivity index (χ0n) is 9.89. The Bertz CT molecular complexity index is 920. The van der Waals surface area contributed by atoms with Gasteiger partial charge in [0.1, 0.15) is 11.6 Å². The summed E-state index contributed by atoms with van der Waals surface area (Å²) in [5, 5.41) is 12.5. The number of H-pyrrole nitrogens is 1. The Labute approximate surface area is 123 Å². The summed E-state index contributed by atoms with van der Waals surface area (Å²) in [5.41, 5.74) is 1.36. The van der Waals surface area contributed by atoms with Gasteiger partial charge in [-0.15, -0.1) is 0 Å². The number of halogens is 2. The lowest BCUT2D eigenvalue weighted by molar-refractivity contribution is 0.901. The molecule has 5 nitrogen and oxygen atoms in total. The van der Waals surface area contributed by atoms with E-state index in [2.05, 4.69) is 10.1 Å². The van der Waals surface area contributed by atoms with Crippen LogP contribution in [-0.4, -0.2) is 14.6 Å². The lowest BCUT2D eigenvalue weighted by Crippen LogP contribution is -2.14. The van der Waals surface area contributed by atoms with Crippen molar-refractivity contribution in [2.24, 2.45) is 0 Å². The van der Waals surface area contributed by atoms with Gasteiger partial charge in [-0.25, -0.2) is 9.50 Å². The predicted molar refractivity (Wildman–Crippen MR) is 76.0 cm³/mol. The molecule has 0 aliphatic carbocycles. The van der Waals surface area contributed by atoms with Crippen molar-refractivity contribution in [3.8, 4) is 17.3 Å². The summed E-state index contributed by atoms with van der Waals surface area (Å²) in [4.78, 5) is 16.3. The van der Waals surface area contributed by atoms with Gasteiger partial charge in [-0.2, -0.15) is 5.26 Å². The van der Waals surface area contributed by atoms with E-state index in [0.29, 0.717) is 26.9 Å². The number of aromatic nitrogens is 3. The number of aromatic amines is 1. The number of hydrogen-bond acceptors (Lipinski definition) is 3. The molecule has 0 saturated carbocycles. The van der Waals surface area contributed by atoms with Gasteiger partial charge in [0.05, 0.1) is 15.7 Å². The fraction of sp³-hybridized carbons (Fsp3) is 0. The molecule has 0 aliphatic rings. The monoisotopic (exact) mass is 304 g/mol. The molecule has 0 aliphatic heterocycles. The number of nitrogens with zero attached hydrogens (tertiary/aromatic N) is 3. The number of hydrogen-bond donors (Lipinski definition) is 1. The van der Waals surface area contributed by atoms with E-state index in [1.807, 2.05) is 6.07 Å². The molecule has 2 heterocycles. The molecule has 0 fully saturated rings. The van der Waals surface area contributed by atoms with Crippen LogP contribution in [0.2, 0.25) is 10.0 Å². The lowest BCUT2D eigenvalue weighted by Gasteiger charge is -2.03. The van der Waals surface area contributed by atoms with Crippen LogP contribution in [0.1, 0.15) is 5.56 Å². The largest absolute Gasteiger partial charge is 0.295 e. The highest BCUT2D eigenvalue weighted by Gasteiger charge is 2.10. The smallest absolute Gasteiger partial charge is 0.273 e. The SMILES string of the molecule is N#Cc1c[nH]n2c(=O)cc(-c3ccc(Cl)c(Cl)c3)nc12. The quantitative estimate of drug-likeness (QED) is 0.751. The maximum Gasteiger partial charge on any atom is 0.273 e. The second kappa shape index (κ2) is 4.67. The standard InChI is InChI=1S/C13H6Cl2N4O/c14-9-2-1-7(3-10(9)15)11-4-12(20)19-13(18-11)8(5-16)6-17-19/h1-4,6,17H. The van der Waals surface area contributed by atoms with Crippen LogP contribution >= 0.6 is 23.2 Å². The van der Waals surface area contributed by atoms with Crippen molar-refractivity contribution in [2.75, 3.05) is 0 Å². The molecular formula is C13H6Cl2N4O. The first kappa shape index (κ1) is 12.7. The zero-order valence-corrected chi connectivity index (χ0v) is 11.4. The summed E-state index contributed by atoms with van der Waals surface area (Å²) in [7, 11) is 0. The van der Waals surface area contributed by atoms with Gasteiger partial charge in [0.2, 0.25) is 0 Å². The Morgan fingerprint density at radius 1 is 1.25 bits per heavy atom. The van der Waals surface area contributed by atoms with Gasteiger partial charge in [0, 0.05) is 17.8 Å². The molecule has 98 valence electrons. The minimum Gasteiger partial charge on any atom is -0.295 e. The molecule has 3 rings (SSSR count). The summed E-state index contributed by atoms with van der Waals surface area (Å²) >= 11 is 11.8. The molecule has 1 aromatic carbocycles. The van der Waals surface area contributed by atoms with E-state index in [0.717, 1.165) is 0 Å². The van der Waals surface area contributed by atoms with Gasteiger partial charge in [-0.1, -0.05) is 29.3 Å². The van der Waals surface area contributed by atoms with Crippen molar-refractivity contribution in [3.05, 3.63) is 56.4 Å². The summed E-state index contributed by atoms with van der Waals surface area (Å²) < 4.78 is 1.21. The topological polar surface area (TPSA) is 73.9 Å². The second-order valence-corrected chi connectivity index (χ2v) is 4.88. The van der Waals surface area contributed by atoms with Gasteiger partial charge in [0.25, 0.3) is 5.56 Å². The van der Waals surface area contributed by atoms with Crippen molar-refractivity contribution in [3.63, 3.8) is 0 Å². The van der Waals surface area contributed by atoms with E-state index < -0.39 is 0 Å². The number of nitrogens with one attached hydrogen (secondary N) is 1. The van der Waals surface area contributed by atoms with E-state index in [1.54, 1.807) is 18.2 Å². The number of fused-ring (bicyclic) bond motifs is 1. The highest BCUT2D eigenvalue weighted by atomic mass is 35.5. The molecule has 7 heteroatoms. The molecule has 0 bridgehead atoms. The van der Waals surface area contributed by atoms with Gasteiger partial charge in [-0.05, 0) is 12.1 Å². The lowest BCUT2D eigenvalue weighted by atomic mass is 10.1. The zero-order chi connectivity index (χ0) is 14.3. The molecule has 0 unspecified atom stereocenters. The van der Waals surface area contributed by atoms with Crippen LogP contribution in [0, 0.1) is 11.3 Å². The molecule has 0 atom stereocenters. The van der Waals surface area contributed by atoms with E-state index in [1.165, 1.54) is 16.8 Å². The number of rotatable bonds is 1. The fourth-order valence-corrected chi connectivity index (χ4v) is 2.17. The number of benzene rings is 1. The molecule has 0 radical (unpaired) electrons. The molecule has 3 aromatic rings. The first-order valence-electron chi connectivity index (χ1n) is 5.57. The average molecular weight is 305 g/mol. The van der Waals surface area contributed by atoms with Crippen molar-refractivity contribution < 1.29 is 0 Å². The molecular weight excluding hydrogens is 299 g/mol. The Morgan fingerprint density at radius 3 is 2.75 bits per heavy atom. The van der Waals surface area contributed by atoms with Crippen LogP contribution in [0.15, 0.2) is 35.3 Å². The molecule has 2 aromatic heterocycles. The predicted octanol–water partition coefficient (Wildman–Crippen LogP) is 2.87.